The van der Waals surface area contributed by atoms with Crippen LogP contribution >= 0.6 is 10.1 Å². The predicted molar refractivity (Wildman–Crippen MR) is 57.5 cm³/mol. The molecule has 0 spiro atoms. The molecule has 0 N–H and O–H groups in total. The monoisotopic (exact) mass is 337 g/mol. The molecule has 1 aromatic carbocycles. The number of rotatable bonds is 1. The standard InChI is InChI=1S/C8H4ClN3Se2/c9-14-12-8(11-13-14)7-3-1-6(5-10)2-4-7/h1-4H. The van der Waals surface area contributed by atoms with Crippen LogP contribution in [0.15, 0.2) is 32.2 Å². The van der Waals surface area contributed by atoms with Crippen molar-refractivity contribution < 1.29 is 0 Å². The van der Waals surface area contributed by atoms with Gasteiger partial charge in [-0.2, -0.15) is 0 Å². The van der Waals surface area contributed by atoms with E-state index in [9.17, 15) is 0 Å². The van der Waals surface area contributed by atoms with Gasteiger partial charge in [-0.3, -0.25) is 0 Å². The molecule has 1 atom stereocenters. The molecule has 14 heavy (non-hydrogen) atoms. The summed E-state index contributed by atoms with van der Waals surface area (Å²) in [7, 11) is 4.65. The van der Waals surface area contributed by atoms with Crippen molar-refractivity contribution in [3.63, 3.8) is 0 Å². The number of nitriles is 1. The van der Waals surface area contributed by atoms with E-state index in [2.05, 4.69) is 14.0 Å². The molecule has 6 heteroatoms. The Kier molecular flexibility index (Phi) is 3.12. The molecule has 1 aliphatic rings. The van der Waals surface area contributed by atoms with Gasteiger partial charge >= 0.3 is 94.9 Å². The van der Waals surface area contributed by atoms with Crippen LogP contribution in [-0.4, -0.2) is 30.2 Å². The van der Waals surface area contributed by atoms with E-state index < -0.39 is 11.0 Å². The van der Waals surface area contributed by atoms with Gasteiger partial charge in [0, 0.05) is 0 Å². The van der Waals surface area contributed by atoms with Gasteiger partial charge < -0.3 is 0 Å². The van der Waals surface area contributed by atoms with Gasteiger partial charge in [-0.05, 0) is 0 Å². The fourth-order valence-corrected chi connectivity index (χ4v) is 6.15. The molecule has 1 aromatic rings. The zero-order valence-electron chi connectivity index (χ0n) is 6.85. The number of hydrogen-bond acceptors (Lipinski definition) is 3. The maximum atomic E-state index is 8.62. The van der Waals surface area contributed by atoms with Gasteiger partial charge in [-0.1, -0.05) is 0 Å². The molecular formula is C8H4ClN3Se2. The Morgan fingerprint density at radius 2 is 2.07 bits per heavy atom. The zero-order valence-corrected chi connectivity index (χ0v) is 11.0. The summed E-state index contributed by atoms with van der Waals surface area (Å²) in [4.78, 5) is 0. The van der Waals surface area contributed by atoms with E-state index in [0.29, 0.717) is 5.56 Å². The van der Waals surface area contributed by atoms with Crippen molar-refractivity contribution in [3.05, 3.63) is 35.4 Å². The summed E-state index contributed by atoms with van der Waals surface area (Å²) in [5.74, 6) is 0.759. The fourth-order valence-electron chi connectivity index (χ4n) is 0.967. The van der Waals surface area contributed by atoms with E-state index in [-0.39, 0.29) is 13.3 Å². The number of amidine groups is 1. The Hall–Kier alpha value is -0.491. The summed E-state index contributed by atoms with van der Waals surface area (Å²) in [5, 5.41) is 8.62. The van der Waals surface area contributed by atoms with Crippen LogP contribution in [0.2, 0.25) is 0 Å². The van der Waals surface area contributed by atoms with Crippen LogP contribution in [0.3, 0.4) is 0 Å². The van der Waals surface area contributed by atoms with E-state index in [1.165, 1.54) is 0 Å². The molecule has 0 amide bonds. The zero-order chi connectivity index (χ0) is 9.97. The summed E-state index contributed by atoms with van der Waals surface area (Å²) in [6.45, 7) is 0. The van der Waals surface area contributed by atoms with Crippen LogP contribution in [0.5, 0.6) is 0 Å². The quantitative estimate of drug-likeness (QED) is 0.716. The van der Waals surface area contributed by atoms with Crippen LogP contribution in [0.4, 0.5) is 0 Å². The van der Waals surface area contributed by atoms with E-state index in [4.69, 9.17) is 15.4 Å². The Balaban J connectivity index is 2.31. The van der Waals surface area contributed by atoms with Crippen LogP contribution in [0.25, 0.3) is 0 Å². The summed E-state index contributed by atoms with van der Waals surface area (Å²) in [5.41, 5.74) is 1.61. The van der Waals surface area contributed by atoms with Crippen molar-refractivity contribution in [1.29, 1.82) is 5.26 Å². The molecular weight excluding hydrogens is 331 g/mol. The van der Waals surface area contributed by atoms with Gasteiger partial charge in [0.05, 0.1) is 0 Å². The van der Waals surface area contributed by atoms with Crippen molar-refractivity contribution in [2.75, 3.05) is 0 Å². The van der Waals surface area contributed by atoms with Gasteiger partial charge in [-0.25, -0.2) is 0 Å². The number of benzene rings is 1. The third kappa shape index (κ3) is 2.12. The first-order chi connectivity index (χ1) is 6.79. The van der Waals surface area contributed by atoms with Crippen molar-refractivity contribution in [1.82, 2.24) is 0 Å². The van der Waals surface area contributed by atoms with E-state index in [1.807, 2.05) is 12.1 Å². The first kappa shape index (κ1) is 10.0. The maximum absolute atomic E-state index is 8.62. The SMILES string of the molecule is N#Cc1ccc(C2=N[Se][Se](Cl)=N2)cc1. The van der Waals surface area contributed by atoms with Crippen LogP contribution in [0.1, 0.15) is 11.1 Å². The van der Waals surface area contributed by atoms with Gasteiger partial charge in [0.25, 0.3) is 0 Å². The van der Waals surface area contributed by atoms with Gasteiger partial charge in [0.2, 0.25) is 0 Å². The van der Waals surface area contributed by atoms with Crippen molar-refractivity contribution in [3.8, 4) is 6.07 Å². The van der Waals surface area contributed by atoms with Crippen molar-refractivity contribution in [2.24, 2.45) is 7.97 Å². The molecule has 70 valence electrons. The minimum absolute atomic E-state index is 0.144. The molecule has 2 rings (SSSR count). The first-order valence-electron chi connectivity index (χ1n) is 3.68. The molecule has 0 aromatic heterocycles. The van der Waals surface area contributed by atoms with Crippen LogP contribution < -0.4 is 0 Å². The molecule has 1 heterocycles. The Labute approximate surface area is 94.6 Å². The fraction of sp³-hybridized carbons (Fsp3) is 0. The predicted octanol–water partition coefficient (Wildman–Crippen LogP) is 1.43. The number of halogens is 1. The number of nitrogens with zero attached hydrogens (tertiary/aromatic N) is 3. The molecule has 0 saturated carbocycles. The van der Waals surface area contributed by atoms with E-state index >= 15 is 0 Å². The molecule has 0 bridgehead atoms. The van der Waals surface area contributed by atoms with Crippen LogP contribution in [0, 0.1) is 11.3 Å². The molecule has 1 unspecified atom stereocenters. The Bertz CT molecular complexity index is 458. The normalized spacial score (nSPS) is 19.7. The number of hydrogen-bond donors (Lipinski definition) is 0. The Morgan fingerprint density at radius 3 is 2.57 bits per heavy atom. The molecule has 0 saturated heterocycles. The minimum atomic E-state index is -1.28. The van der Waals surface area contributed by atoms with Gasteiger partial charge in [0.1, 0.15) is 0 Å². The second kappa shape index (κ2) is 4.35. The molecule has 0 radical (unpaired) electrons. The molecule has 3 nitrogen and oxygen atoms in total. The van der Waals surface area contributed by atoms with E-state index in [1.54, 1.807) is 12.1 Å². The third-order valence-electron chi connectivity index (χ3n) is 1.62. The Morgan fingerprint density at radius 1 is 1.36 bits per heavy atom. The topological polar surface area (TPSA) is 48.5 Å². The first-order valence-corrected chi connectivity index (χ1v) is 11.8. The average molecular weight is 336 g/mol. The summed E-state index contributed by atoms with van der Waals surface area (Å²) in [6.07, 6.45) is 0. The summed E-state index contributed by atoms with van der Waals surface area (Å²) < 4.78 is 8.60. The molecule has 0 aliphatic carbocycles. The van der Waals surface area contributed by atoms with Crippen molar-refractivity contribution in [2.45, 2.75) is 0 Å². The van der Waals surface area contributed by atoms with E-state index in [0.717, 1.165) is 11.4 Å². The van der Waals surface area contributed by atoms with Gasteiger partial charge in [-0.15, -0.1) is 0 Å². The molecule has 0 fully saturated rings. The molecule has 1 aliphatic heterocycles. The third-order valence-corrected chi connectivity index (χ3v) is 7.90. The second-order valence-electron chi connectivity index (χ2n) is 2.48. The summed E-state index contributed by atoms with van der Waals surface area (Å²) >= 11 is 0.144. The van der Waals surface area contributed by atoms with Crippen LogP contribution in [-0.2, 0) is 0 Å². The van der Waals surface area contributed by atoms with Gasteiger partial charge in [0.15, 0.2) is 0 Å². The summed E-state index contributed by atoms with van der Waals surface area (Å²) in [6, 6.07) is 9.32. The van der Waals surface area contributed by atoms with Crippen molar-refractivity contribution >= 4 is 40.3 Å². The second-order valence-corrected chi connectivity index (χ2v) is 13.2. The average Bonchev–Trinajstić information content (AvgIpc) is 2.65.